The summed E-state index contributed by atoms with van der Waals surface area (Å²) in [7, 11) is 1.48. The molecular weight excluding hydrogens is 176 g/mol. The summed E-state index contributed by atoms with van der Waals surface area (Å²) >= 11 is 0. The smallest absolute Gasteiger partial charge is 0.309 e. The van der Waals surface area contributed by atoms with Crippen molar-refractivity contribution in [2.45, 2.75) is 32.1 Å². The van der Waals surface area contributed by atoms with Crippen LogP contribution in [0.2, 0.25) is 0 Å². The Morgan fingerprint density at radius 2 is 2.07 bits per heavy atom. The molecule has 0 aromatic heterocycles. The zero-order valence-electron chi connectivity index (χ0n) is 8.79. The van der Waals surface area contributed by atoms with Gasteiger partial charge in [-0.1, -0.05) is 25.3 Å². The van der Waals surface area contributed by atoms with Crippen LogP contribution in [0.15, 0.2) is 12.7 Å². The molecule has 2 heteroatoms. The number of carbonyl (C=O) groups is 1. The lowest BCUT2D eigenvalue weighted by Gasteiger charge is -2.22. The number of hydrogen-bond acceptors (Lipinski definition) is 2. The highest BCUT2D eigenvalue weighted by Gasteiger charge is 2.66. The monoisotopic (exact) mass is 194 g/mol. The number of esters is 1. The normalized spacial score (nSPS) is 33.8. The van der Waals surface area contributed by atoms with Gasteiger partial charge in [-0.3, -0.25) is 4.79 Å². The highest BCUT2D eigenvalue weighted by Crippen LogP contribution is 2.67. The van der Waals surface area contributed by atoms with Crippen LogP contribution in [-0.4, -0.2) is 13.1 Å². The quantitative estimate of drug-likeness (QED) is 0.499. The topological polar surface area (TPSA) is 26.3 Å². The van der Waals surface area contributed by atoms with Crippen LogP contribution in [0.5, 0.6) is 0 Å². The van der Waals surface area contributed by atoms with Crippen molar-refractivity contribution in [3.8, 4) is 0 Å². The zero-order chi connectivity index (χ0) is 10.2. The number of rotatable bonds is 2. The Labute approximate surface area is 85.3 Å². The van der Waals surface area contributed by atoms with Crippen LogP contribution in [0.25, 0.3) is 0 Å². The summed E-state index contributed by atoms with van der Waals surface area (Å²) < 4.78 is 4.85. The number of methoxy groups -OCH3 is 1. The van der Waals surface area contributed by atoms with E-state index in [0.717, 1.165) is 0 Å². The first-order chi connectivity index (χ1) is 6.76. The summed E-state index contributed by atoms with van der Waals surface area (Å²) in [5.74, 6) is 0.470. The van der Waals surface area contributed by atoms with E-state index in [-0.39, 0.29) is 17.3 Å². The molecule has 1 spiro atoms. The second-order valence-electron chi connectivity index (χ2n) is 4.56. The molecule has 2 aliphatic carbocycles. The molecule has 0 aromatic carbocycles. The van der Waals surface area contributed by atoms with Gasteiger partial charge in [0.1, 0.15) is 0 Å². The number of allylic oxidation sites excluding steroid dienone is 1. The van der Waals surface area contributed by atoms with Gasteiger partial charge in [0.05, 0.1) is 13.0 Å². The molecule has 2 saturated carbocycles. The van der Waals surface area contributed by atoms with E-state index < -0.39 is 0 Å². The van der Waals surface area contributed by atoms with E-state index in [4.69, 9.17) is 4.74 Å². The lowest BCUT2D eigenvalue weighted by molar-refractivity contribution is -0.143. The molecule has 2 nitrogen and oxygen atoms in total. The van der Waals surface area contributed by atoms with Crippen LogP contribution in [0.4, 0.5) is 0 Å². The molecule has 2 atom stereocenters. The molecule has 0 amide bonds. The average molecular weight is 194 g/mol. The third-order valence-corrected chi connectivity index (χ3v) is 4.03. The van der Waals surface area contributed by atoms with Crippen LogP contribution >= 0.6 is 0 Å². The predicted molar refractivity (Wildman–Crippen MR) is 54.7 cm³/mol. The average Bonchev–Trinajstić information content (AvgIpc) is 2.85. The highest BCUT2D eigenvalue weighted by molar-refractivity contribution is 5.78. The fraction of sp³-hybridized carbons (Fsp3) is 0.750. The Bertz CT molecular complexity index is 251. The van der Waals surface area contributed by atoms with Gasteiger partial charge >= 0.3 is 5.97 Å². The predicted octanol–water partition coefficient (Wildman–Crippen LogP) is 2.54. The van der Waals surface area contributed by atoms with Gasteiger partial charge in [-0.2, -0.15) is 0 Å². The van der Waals surface area contributed by atoms with E-state index in [0.29, 0.717) is 5.92 Å². The molecule has 2 fully saturated rings. The van der Waals surface area contributed by atoms with E-state index in [1.807, 2.05) is 6.08 Å². The molecule has 0 heterocycles. The summed E-state index contributed by atoms with van der Waals surface area (Å²) in [6, 6.07) is 0. The van der Waals surface area contributed by atoms with Crippen molar-refractivity contribution in [2.24, 2.45) is 17.3 Å². The summed E-state index contributed by atoms with van der Waals surface area (Å²) in [5, 5.41) is 0. The van der Waals surface area contributed by atoms with E-state index in [1.54, 1.807) is 0 Å². The van der Waals surface area contributed by atoms with Crippen molar-refractivity contribution in [2.75, 3.05) is 7.11 Å². The summed E-state index contributed by atoms with van der Waals surface area (Å²) in [6.45, 7) is 3.83. The Kier molecular flexibility index (Phi) is 2.38. The van der Waals surface area contributed by atoms with E-state index in [2.05, 4.69) is 6.58 Å². The second kappa shape index (κ2) is 3.41. The molecule has 0 saturated heterocycles. The molecule has 2 rings (SSSR count). The molecule has 0 bridgehead atoms. The van der Waals surface area contributed by atoms with Crippen LogP contribution in [0, 0.1) is 17.3 Å². The number of carbonyl (C=O) groups excluding carboxylic acids is 1. The lowest BCUT2D eigenvalue weighted by atomic mass is 9.83. The van der Waals surface area contributed by atoms with Gasteiger partial charge in [0.2, 0.25) is 0 Å². The first-order valence-corrected chi connectivity index (χ1v) is 5.46. The van der Waals surface area contributed by atoms with Gasteiger partial charge in [0.15, 0.2) is 0 Å². The minimum Gasteiger partial charge on any atom is -0.469 e. The van der Waals surface area contributed by atoms with Gasteiger partial charge in [-0.25, -0.2) is 0 Å². The Morgan fingerprint density at radius 1 is 1.43 bits per heavy atom. The molecule has 2 unspecified atom stereocenters. The van der Waals surface area contributed by atoms with E-state index >= 15 is 0 Å². The first-order valence-electron chi connectivity index (χ1n) is 5.46. The molecule has 0 aliphatic heterocycles. The molecule has 0 radical (unpaired) electrons. The van der Waals surface area contributed by atoms with Gasteiger partial charge < -0.3 is 4.74 Å². The third-order valence-electron chi connectivity index (χ3n) is 4.03. The van der Waals surface area contributed by atoms with Crippen molar-refractivity contribution in [1.29, 1.82) is 0 Å². The maximum Gasteiger partial charge on any atom is 0.309 e. The van der Waals surface area contributed by atoms with Gasteiger partial charge in [0.25, 0.3) is 0 Å². The number of hydrogen-bond donors (Lipinski definition) is 0. The lowest BCUT2D eigenvalue weighted by Crippen LogP contribution is -2.15. The van der Waals surface area contributed by atoms with Crippen molar-refractivity contribution in [3.63, 3.8) is 0 Å². The van der Waals surface area contributed by atoms with Crippen LogP contribution in [0.1, 0.15) is 32.1 Å². The van der Waals surface area contributed by atoms with E-state index in [9.17, 15) is 4.79 Å². The highest BCUT2D eigenvalue weighted by atomic mass is 16.5. The van der Waals surface area contributed by atoms with Crippen molar-refractivity contribution >= 4 is 5.97 Å². The van der Waals surface area contributed by atoms with Gasteiger partial charge in [-0.05, 0) is 24.2 Å². The minimum atomic E-state index is -0.0307. The van der Waals surface area contributed by atoms with E-state index in [1.165, 1.54) is 39.2 Å². The molecular formula is C12H18O2. The van der Waals surface area contributed by atoms with Crippen LogP contribution in [-0.2, 0) is 9.53 Å². The standard InChI is InChI=1S/C12H18O2/c1-3-9-10(11(13)14-2)12(9)7-5-4-6-8-12/h3,9-10H,1,4-8H2,2H3. The van der Waals surface area contributed by atoms with Crippen LogP contribution in [0.3, 0.4) is 0 Å². The van der Waals surface area contributed by atoms with Crippen LogP contribution < -0.4 is 0 Å². The number of ether oxygens (including phenoxy) is 1. The molecule has 0 aromatic rings. The molecule has 78 valence electrons. The fourth-order valence-corrected chi connectivity index (χ4v) is 3.26. The molecule has 2 aliphatic rings. The largest absolute Gasteiger partial charge is 0.469 e. The summed E-state index contributed by atoms with van der Waals surface area (Å²) in [6.07, 6.45) is 8.16. The Balaban J connectivity index is 2.12. The minimum absolute atomic E-state index is 0.0307. The maximum atomic E-state index is 11.5. The first kappa shape index (κ1) is 9.75. The van der Waals surface area contributed by atoms with Crippen molar-refractivity contribution in [3.05, 3.63) is 12.7 Å². The zero-order valence-corrected chi connectivity index (χ0v) is 8.79. The summed E-state index contributed by atoms with van der Waals surface area (Å²) in [5.41, 5.74) is 0.243. The van der Waals surface area contributed by atoms with Gasteiger partial charge in [0, 0.05) is 0 Å². The SMILES string of the molecule is C=CC1C(C(=O)OC)C12CCCCC2. The summed E-state index contributed by atoms with van der Waals surface area (Å²) in [4.78, 5) is 11.5. The molecule has 0 N–H and O–H groups in total. The fourth-order valence-electron chi connectivity index (χ4n) is 3.26. The van der Waals surface area contributed by atoms with Crippen molar-refractivity contribution in [1.82, 2.24) is 0 Å². The Hall–Kier alpha value is -0.790. The molecule has 14 heavy (non-hydrogen) atoms. The maximum absolute atomic E-state index is 11.5. The van der Waals surface area contributed by atoms with Gasteiger partial charge in [-0.15, -0.1) is 6.58 Å². The second-order valence-corrected chi connectivity index (χ2v) is 4.56. The Morgan fingerprint density at radius 3 is 2.57 bits per heavy atom. The third kappa shape index (κ3) is 1.20. The van der Waals surface area contributed by atoms with Crippen molar-refractivity contribution < 1.29 is 9.53 Å².